The van der Waals surface area contributed by atoms with Crippen molar-refractivity contribution in [1.82, 2.24) is 10.3 Å². The second kappa shape index (κ2) is 13.7. The zero-order valence-corrected chi connectivity index (χ0v) is 21.9. The quantitative estimate of drug-likeness (QED) is 0.299. The van der Waals surface area contributed by atoms with Gasteiger partial charge in [0, 0.05) is 11.8 Å². The highest BCUT2D eigenvalue weighted by atomic mass is 32.2. The number of rotatable bonds is 13. The summed E-state index contributed by atoms with van der Waals surface area (Å²) in [5.41, 5.74) is 5.24. The summed E-state index contributed by atoms with van der Waals surface area (Å²) in [6.07, 6.45) is 8.44. The van der Waals surface area contributed by atoms with E-state index in [4.69, 9.17) is 4.74 Å². The maximum Gasteiger partial charge on any atom is 0.326 e. The Kier molecular flexibility index (Phi) is 10.4. The van der Waals surface area contributed by atoms with Crippen molar-refractivity contribution >= 4 is 23.6 Å². The summed E-state index contributed by atoms with van der Waals surface area (Å²) < 4.78 is 6.03. The van der Waals surface area contributed by atoms with Crippen LogP contribution in [0.1, 0.15) is 53.2 Å². The van der Waals surface area contributed by atoms with Crippen LogP contribution >= 0.6 is 11.8 Å². The lowest BCUT2D eigenvalue weighted by atomic mass is 9.89. The van der Waals surface area contributed by atoms with Crippen molar-refractivity contribution in [2.24, 2.45) is 0 Å². The van der Waals surface area contributed by atoms with Gasteiger partial charge in [-0.15, -0.1) is 0 Å². The second-order valence-electron chi connectivity index (χ2n) is 8.71. The standard InChI is InChI=1S/C29H34N2O4S/c1-4-5-10-21-16-26(28(32)31-27(29(33)34)13-15-36-3)25(24-12-7-6-9-20(24)2)17-22(21)19-35-23-11-8-14-30-18-23/h6-9,11-12,14,16-18,27H,4-5,10,13,15,19H2,1-3H3,(H,31,32)(H,33,34)/t27-/m0/s1. The third-order valence-corrected chi connectivity index (χ3v) is 6.71. The predicted octanol–water partition coefficient (Wildman–Crippen LogP) is 5.91. The average Bonchev–Trinajstić information content (AvgIpc) is 2.89. The van der Waals surface area contributed by atoms with Crippen LogP contribution in [0, 0.1) is 6.92 Å². The van der Waals surface area contributed by atoms with Crippen LogP contribution in [0.15, 0.2) is 60.9 Å². The van der Waals surface area contributed by atoms with Gasteiger partial charge in [-0.05, 0) is 90.3 Å². The van der Waals surface area contributed by atoms with E-state index in [1.54, 1.807) is 24.2 Å². The van der Waals surface area contributed by atoms with Crippen LogP contribution in [0.3, 0.4) is 0 Å². The fourth-order valence-electron chi connectivity index (χ4n) is 4.03. The number of hydrogen-bond acceptors (Lipinski definition) is 5. The molecule has 7 heteroatoms. The average molecular weight is 507 g/mol. The summed E-state index contributed by atoms with van der Waals surface area (Å²) in [4.78, 5) is 29.5. The lowest BCUT2D eigenvalue weighted by molar-refractivity contribution is -0.139. The van der Waals surface area contributed by atoms with Gasteiger partial charge in [0.2, 0.25) is 0 Å². The summed E-state index contributed by atoms with van der Waals surface area (Å²) in [7, 11) is 0. The number of carbonyl (C=O) groups is 2. The molecule has 0 saturated carbocycles. The molecular weight excluding hydrogens is 472 g/mol. The van der Waals surface area contributed by atoms with Gasteiger partial charge in [-0.25, -0.2) is 4.79 Å². The summed E-state index contributed by atoms with van der Waals surface area (Å²) >= 11 is 1.56. The van der Waals surface area contributed by atoms with Gasteiger partial charge in [0.05, 0.1) is 6.20 Å². The maximum absolute atomic E-state index is 13.5. The first-order valence-corrected chi connectivity index (χ1v) is 13.6. The minimum atomic E-state index is -1.03. The fraction of sp³-hybridized carbons (Fsp3) is 0.345. The monoisotopic (exact) mass is 506 g/mol. The molecule has 3 aromatic rings. The molecule has 2 aromatic carbocycles. The van der Waals surface area contributed by atoms with Crippen LogP contribution in [0.5, 0.6) is 5.75 Å². The number of nitrogens with one attached hydrogen (secondary N) is 1. The normalized spacial score (nSPS) is 11.6. The molecule has 1 aromatic heterocycles. The number of pyridine rings is 1. The number of carbonyl (C=O) groups excluding carboxylic acids is 1. The largest absolute Gasteiger partial charge is 0.487 e. The molecule has 36 heavy (non-hydrogen) atoms. The number of carboxylic acid groups (broad SMARTS) is 1. The zero-order valence-electron chi connectivity index (χ0n) is 21.1. The minimum absolute atomic E-state index is 0.344. The van der Waals surface area contributed by atoms with E-state index in [0.29, 0.717) is 30.1 Å². The number of amides is 1. The molecule has 190 valence electrons. The Labute approximate surface area is 217 Å². The van der Waals surface area contributed by atoms with Crippen LogP contribution in [-0.2, 0) is 17.8 Å². The van der Waals surface area contributed by atoms with Crippen molar-refractivity contribution in [3.63, 3.8) is 0 Å². The third-order valence-electron chi connectivity index (χ3n) is 6.06. The number of carboxylic acids is 1. The highest BCUT2D eigenvalue weighted by molar-refractivity contribution is 7.98. The SMILES string of the molecule is CCCCc1cc(C(=O)N[C@@H](CCSC)C(=O)O)c(-c2ccccc2C)cc1COc1cccnc1. The van der Waals surface area contributed by atoms with Crippen molar-refractivity contribution in [2.45, 2.75) is 52.2 Å². The summed E-state index contributed by atoms with van der Waals surface area (Å²) in [5.74, 6) is -0.0769. The van der Waals surface area contributed by atoms with Crippen molar-refractivity contribution in [3.05, 3.63) is 83.2 Å². The second-order valence-corrected chi connectivity index (χ2v) is 9.69. The zero-order chi connectivity index (χ0) is 25.9. The van der Waals surface area contributed by atoms with Gasteiger partial charge in [-0.1, -0.05) is 37.6 Å². The van der Waals surface area contributed by atoms with Crippen molar-refractivity contribution in [2.75, 3.05) is 12.0 Å². The van der Waals surface area contributed by atoms with E-state index in [2.05, 4.69) is 17.2 Å². The van der Waals surface area contributed by atoms with Gasteiger partial charge in [0.15, 0.2) is 0 Å². The number of nitrogens with zero attached hydrogens (tertiary/aromatic N) is 1. The van der Waals surface area contributed by atoms with Crippen molar-refractivity contribution in [3.8, 4) is 16.9 Å². The summed E-state index contributed by atoms with van der Waals surface area (Å²) in [6, 6.07) is 14.6. The molecule has 0 unspecified atom stereocenters. The lowest BCUT2D eigenvalue weighted by Crippen LogP contribution is -2.41. The number of benzene rings is 2. The topological polar surface area (TPSA) is 88.5 Å². The number of unbranched alkanes of at least 4 members (excludes halogenated alkanes) is 1. The van der Waals surface area contributed by atoms with Gasteiger partial charge in [0.1, 0.15) is 18.4 Å². The molecule has 3 rings (SSSR count). The Morgan fingerprint density at radius 1 is 1.11 bits per heavy atom. The lowest BCUT2D eigenvalue weighted by Gasteiger charge is -2.20. The van der Waals surface area contributed by atoms with Gasteiger partial charge in [-0.2, -0.15) is 11.8 Å². The molecule has 0 aliphatic rings. The molecule has 0 radical (unpaired) electrons. The molecular formula is C29H34N2O4S. The molecule has 0 aliphatic heterocycles. The molecule has 1 atom stereocenters. The first kappa shape index (κ1) is 27.3. The van der Waals surface area contributed by atoms with E-state index in [1.807, 2.05) is 61.7 Å². The Balaban J connectivity index is 2.06. The Hall–Kier alpha value is -3.32. The number of aromatic nitrogens is 1. The third kappa shape index (κ3) is 7.34. The molecule has 0 saturated heterocycles. The van der Waals surface area contributed by atoms with Crippen molar-refractivity contribution in [1.29, 1.82) is 0 Å². The number of aryl methyl sites for hydroxylation is 2. The first-order chi connectivity index (χ1) is 17.4. The van der Waals surface area contributed by atoms with E-state index in [-0.39, 0.29) is 5.91 Å². The summed E-state index contributed by atoms with van der Waals surface area (Å²) in [6.45, 7) is 4.48. The first-order valence-electron chi connectivity index (χ1n) is 12.2. The Bertz CT molecular complexity index is 1170. The highest BCUT2D eigenvalue weighted by Crippen LogP contribution is 2.31. The Morgan fingerprint density at radius 3 is 2.58 bits per heavy atom. The van der Waals surface area contributed by atoms with E-state index in [0.717, 1.165) is 47.1 Å². The number of ether oxygens (including phenoxy) is 1. The molecule has 0 bridgehead atoms. The highest BCUT2D eigenvalue weighted by Gasteiger charge is 2.24. The van der Waals surface area contributed by atoms with E-state index in [1.165, 1.54) is 0 Å². The summed E-state index contributed by atoms with van der Waals surface area (Å²) in [5, 5.41) is 12.4. The number of thioether (sulfide) groups is 1. The number of aliphatic carboxylic acids is 1. The van der Waals surface area contributed by atoms with Crippen LogP contribution in [0.2, 0.25) is 0 Å². The molecule has 0 aliphatic carbocycles. The molecule has 1 heterocycles. The Morgan fingerprint density at radius 2 is 1.92 bits per heavy atom. The predicted molar refractivity (Wildman–Crippen MR) is 146 cm³/mol. The van der Waals surface area contributed by atoms with Crippen LogP contribution < -0.4 is 10.1 Å². The van der Waals surface area contributed by atoms with Gasteiger partial charge in [-0.3, -0.25) is 9.78 Å². The van der Waals surface area contributed by atoms with Crippen LogP contribution in [0.25, 0.3) is 11.1 Å². The molecule has 1 amide bonds. The molecule has 2 N–H and O–H groups in total. The van der Waals surface area contributed by atoms with Crippen LogP contribution in [-0.4, -0.2) is 40.0 Å². The van der Waals surface area contributed by atoms with E-state index in [9.17, 15) is 14.7 Å². The minimum Gasteiger partial charge on any atom is -0.487 e. The van der Waals surface area contributed by atoms with Crippen LogP contribution in [0.4, 0.5) is 0 Å². The van der Waals surface area contributed by atoms with Crippen molar-refractivity contribution < 1.29 is 19.4 Å². The molecule has 0 spiro atoms. The van der Waals surface area contributed by atoms with E-state index >= 15 is 0 Å². The van der Waals surface area contributed by atoms with Gasteiger partial charge in [0.25, 0.3) is 5.91 Å². The fourth-order valence-corrected chi connectivity index (χ4v) is 4.50. The molecule has 6 nitrogen and oxygen atoms in total. The molecule has 0 fully saturated rings. The van der Waals surface area contributed by atoms with Gasteiger partial charge >= 0.3 is 5.97 Å². The maximum atomic E-state index is 13.5. The smallest absolute Gasteiger partial charge is 0.326 e. The van der Waals surface area contributed by atoms with E-state index < -0.39 is 12.0 Å². The van der Waals surface area contributed by atoms with Gasteiger partial charge < -0.3 is 15.2 Å². The number of hydrogen-bond donors (Lipinski definition) is 2.